The Bertz CT molecular complexity index is 520. The van der Waals surface area contributed by atoms with Gasteiger partial charge < -0.3 is 10.6 Å². The molecule has 2 aliphatic rings. The van der Waals surface area contributed by atoms with Crippen LogP contribution in [0.1, 0.15) is 64.1 Å². The first-order valence-electron chi connectivity index (χ1n) is 8.08. The topological polar surface area (TPSA) is 24.1 Å². The fraction of sp³-hybridized carbons (Fsp3) is 0.667. The zero-order chi connectivity index (χ0) is 15.3. The molecule has 1 atom stereocenters. The molecule has 1 heterocycles. The van der Waals surface area contributed by atoms with Gasteiger partial charge in [0, 0.05) is 27.6 Å². The lowest BCUT2D eigenvalue weighted by Crippen LogP contribution is -2.61. The SMILES string of the molecule is CC1(C)CC(NC2CCc3c(Br)cccc32)CC(C)(C)N1. The predicted octanol–water partition coefficient (Wildman–Crippen LogP) is 4.34. The van der Waals surface area contributed by atoms with Gasteiger partial charge in [0.1, 0.15) is 0 Å². The largest absolute Gasteiger partial charge is 0.307 e. The van der Waals surface area contributed by atoms with E-state index in [-0.39, 0.29) is 11.1 Å². The molecule has 3 heteroatoms. The molecule has 0 amide bonds. The molecular formula is C18H27BrN2. The first kappa shape index (κ1) is 15.5. The van der Waals surface area contributed by atoms with Crippen molar-refractivity contribution in [3.05, 3.63) is 33.8 Å². The molecule has 3 rings (SSSR count). The zero-order valence-corrected chi connectivity index (χ0v) is 15.2. The normalized spacial score (nSPS) is 27.6. The van der Waals surface area contributed by atoms with E-state index in [2.05, 4.69) is 72.5 Å². The molecule has 0 radical (unpaired) electrons. The van der Waals surface area contributed by atoms with E-state index < -0.39 is 0 Å². The summed E-state index contributed by atoms with van der Waals surface area (Å²) in [4.78, 5) is 0. The summed E-state index contributed by atoms with van der Waals surface area (Å²) in [6.45, 7) is 9.28. The van der Waals surface area contributed by atoms with E-state index in [0.717, 1.165) is 0 Å². The minimum atomic E-state index is 0.206. The highest BCUT2D eigenvalue weighted by Crippen LogP contribution is 2.37. The van der Waals surface area contributed by atoms with Gasteiger partial charge in [0.15, 0.2) is 0 Å². The Kier molecular flexibility index (Phi) is 3.96. The number of rotatable bonds is 2. The highest BCUT2D eigenvalue weighted by atomic mass is 79.9. The second kappa shape index (κ2) is 5.36. The average molecular weight is 351 g/mol. The number of fused-ring (bicyclic) bond motifs is 1. The van der Waals surface area contributed by atoms with Crippen molar-refractivity contribution in [1.29, 1.82) is 0 Å². The van der Waals surface area contributed by atoms with E-state index in [9.17, 15) is 0 Å². The van der Waals surface area contributed by atoms with Crippen LogP contribution in [0.3, 0.4) is 0 Å². The van der Waals surface area contributed by atoms with Crippen molar-refractivity contribution < 1.29 is 0 Å². The standard InChI is InChI=1S/C18H27BrN2/c1-17(2)10-12(11-18(3,4)21-17)20-16-9-8-13-14(16)6-5-7-15(13)19/h5-7,12,16,20-21H,8-11H2,1-4H3. The van der Waals surface area contributed by atoms with Crippen molar-refractivity contribution in [2.24, 2.45) is 0 Å². The number of hydrogen-bond donors (Lipinski definition) is 2. The lowest BCUT2D eigenvalue weighted by Gasteiger charge is -2.47. The minimum absolute atomic E-state index is 0.206. The maximum atomic E-state index is 3.95. The quantitative estimate of drug-likeness (QED) is 0.829. The van der Waals surface area contributed by atoms with E-state index in [4.69, 9.17) is 0 Å². The Morgan fingerprint density at radius 2 is 1.81 bits per heavy atom. The van der Waals surface area contributed by atoms with Crippen molar-refractivity contribution in [1.82, 2.24) is 10.6 Å². The lowest BCUT2D eigenvalue weighted by molar-refractivity contribution is 0.139. The van der Waals surface area contributed by atoms with Gasteiger partial charge in [0.25, 0.3) is 0 Å². The van der Waals surface area contributed by atoms with Gasteiger partial charge in [0.2, 0.25) is 0 Å². The van der Waals surface area contributed by atoms with Crippen LogP contribution in [0.15, 0.2) is 22.7 Å². The molecule has 116 valence electrons. The van der Waals surface area contributed by atoms with Crippen LogP contribution < -0.4 is 10.6 Å². The third-order valence-corrected chi connectivity index (χ3v) is 5.58. The molecule has 2 N–H and O–H groups in total. The van der Waals surface area contributed by atoms with Crippen molar-refractivity contribution in [3.63, 3.8) is 0 Å². The Morgan fingerprint density at radius 1 is 1.14 bits per heavy atom. The highest BCUT2D eigenvalue weighted by molar-refractivity contribution is 9.10. The number of hydrogen-bond acceptors (Lipinski definition) is 2. The summed E-state index contributed by atoms with van der Waals surface area (Å²) in [5.41, 5.74) is 3.41. The van der Waals surface area contributed by atoms with Gasteiger partial charge in [-0.25, -0.2) is 0 Å². The minimum Gasteiger partial charge on any atom is -0.307 e. The van der Waals surface area contributed by atoms with E-state index in [1.165, 1.54) is 41.3 Å². The number of benzene rings is 1. The highest BCUT2D eigenvalue weighted by Gasteiger charge is 2.39. The molecule has 0 spiro atoms. The Morgan fingerprint density at radius 3 is 2.48 bits per heavy atom. The van der Waals surface area contributed by atoms with Crippen LogP contribution in [0.5, 0.6) is 0 Å². The second-order valence-electron chi connectivity index (χ2n) is 8.06. The average Bonchev–Trinajstić information content (AvgIpc) is 2.70. The summed E-state index contributed by atoms with van der Waals surface area (Å²) in [6, 6.07) is 7.73. The van der Waals surface area contributed by atoms with Gasteiger partial charge in [-0.05, 0) is 70.6 Å². The molecule has 0 aromatic heterocycles. The van der Waals surface area contributed by atoms with Crippen LogP contribution in [0.4, 0.5) is 0 Å². The molecule has 1 fully saturated rings. The van der Waals surface area contributed by atoms with Crippen LogP contribution >= 0.6 is 15.9 Å². The molecule has 2 nitrogen and oxygen atoms in total. The maximum absolute atomic E-state index is 3.95. The lowest BCUT2D eigenvalue weighted by atomic mass is 9.79. The van der Waals surface area contributed by atoms with Crippen LogP contribution in [0, 0.1) is 0 Å². The summed E-state index contributed by atoms with van der Waals surface area (Å²) in [7, 11) is 0. The van der Waals surface area contributed by atoms with Gasteiger partial charge in [-0.2, -0.15) is 0 Å². The molecule has 21 heavy (non-hydrogen) atoms. The monoisotopic (exact) mass is 350 g/mol. The fourth-order valence-electron chi connectivity index (χ4n) is 4.51. The molecule has 1 aromatic rings. The van der Waals surface area contributed by atoms with Crippen LogP contribution in [-0.2, 0) is 6.42 Å². The third kappa shape index (κ3) is 3.35. The van der Waals surface area contributed by atoms with Gasteiger partial charge in [-0.15, -0.1) is 0 Å². The molecule has 1 unspecified atom stereocenters. The van der Waals surface area contributed by atoms with E-state index in [1.807, 2.05) is 0 Å². The third-order valence-electron chi connectivity index (χ3n) is 4.84. The van der Waals surface area contributed by atoms with Crippen molar-refractivity contribution in [2.75, 3.05) is 0 Å². The number of halogens is 1. The first-order valence-corrected chi connectivity index (χ1v) is 8.88. The van der Waals surface area contributed by atoms with Gasteiger partial charge in [-0.1, -0.05) is 28.1 Å². The molecule has 1 aromatic carbocycles. The smallest absolute Gasteiger partial charge is 0.0328 e. The fourth-order valence-corrected chi connectivity index (χ4v) is 5.09. The summed E-state index contributed by atoms with van der Waals surface area (Å²) in [5.74, 6) is 0. The van der Waals surface area contributed by atoms with Gasteiger partial charge in [0.05, 0.1) is 0 Å². The Labute approximate surface area is 137 Å². The van der Waals surface area contributed by atoms with Gasteiger partial charge >= 0.3 is 0 Å². The van der Waals surface area contributed by atoms with E-state index in [1.54, 1.807) is 0 Å². The molecule has 1 saturated heterocycles. The summed E-state index contributed by atoms with van der Waals surface area (Å²) in [6.07, 6.45) is 4.79. The molecule has 0 bridgehead atoms. The second-order valence-corrected chi connectivity index (χ2v) is 8.92. The van der Waals surface area contributed by atoms with Crippen molar-refractivity contribution in [3.8, 4) is 0 Å². The van der Waals surface area contributed by atoms with Crippen molar-refractivity contribution in [2.45, 2.75) is 76.5 Å². The van der Waals surface area contributed by atoms with E-state index >= 15 is 0 Å². The number of piperidine rings is 1. The summed E-state index contributed by atoms with van der Waals surface area (Å²) >= 11 is 3.70. The van der Waals surface area contributed by atoms with Crippen LogP contribution in [0.25, 0.3) is 0 Å². The molecule has 0 saturated carbocycles. The zero-order valence-electron chi connectivity index (χ0n) is 13.6. The summed E-state index contributed by atoms with van der Waals surface area (Å²) in [5, 5.41) is 7.72. The predicted molar refractivity (Wildman–Crippen MR) is 92.7 cm³/mol. The Hall–Kier alpha value is -0.380. The maximum Gasteiger partial charge on any atom is 0.0328 e. The molecular weight excluding hydrogens is 324 g/mol. The Balaban J connectivity index is 1.75. The van der Waals surface area contributed by atoms with Crippen LogP contribution in [-0.4, -0.2) is 17.1 Å². The van der Waals surface area contributed by atoms with Crippen molar-refractivity contribution >= 4 is 15.9 Å². The molecule has 1 aliphatic carbocycles. The summed E-state index contributed by atoms with van der Waals surface area (Å²) < 4.78 is 1.27. The first-order chi connectivity index (χ1) is 9.76. The molecule has 1 aliphatic heterocycles. The van der Waals surface area contributed by atoms with E-state index in [0.29, 0.717) is 12.1 Å². The number of nitrogens with one attached hydrogen (secondary N) is 2. The van der Waals surface area contributed by atoms with Crippen LogP contribution in [0.2, 0.25) is 0 Å². The van der Waals surface area contributed by atoms with Gasteiger partial charge in [-0.3, -0.25) is 0 Å².